The Morgan fingerprint density at radius 3 is 2.05 bits per heavy atom. The minimum Gasteiger partial charge on any atom is -0.350 e. The molecule has 0 bridgehead atoms. The molecule has 186 valence electrons. The maximum absolute atomic E-state index is 13.6. The summed E-state index contributed by atoms with van der Waals surface area (Å²) in [4.78, 5) is 44.4. The predicted molar refractivity (Wildman–Crippen MR) is 142 cm³/mol. The fraction of sp³-hybridized carbons (Fsp3) is 0.172. The zero-order valence-electron chi connectivity index (χ0n) is 20.5. The van der Waals surface area contributed by atoms with Gasteiger partial charge in [0.25, 0.3) is 5.56 Å². The lowest BCUT2D eigenvalue weighted by atomic mass is 10.1. The summed E-state index contributed by atoms with van der Waals surface area (Å²) in [6.07, 6.45) is 1.57. The monoisotopic (exact) mass is 493 g/mol. The standard InChI is InChI=1S/C29H27N5O3/c1-21-12-14-22(15-13-21)16-30-25(35)19-34-28(36)26-27(31-20-32(26)17-23-8-4-2-5-9-23)33(29(34)37)18-24-10-6-3-7-11-24/h2-15,20H,16-19H2,1H3,(H,30,35). The fourth-order valence-electron chi connectivity index (χ4n) is 4.29. The first-order valence-corrected chi connectivity index (χ1v) is 12.1. The van der Waals surface area contributed by atoms with Crippen molar-refractivity contribution in [2.45, 2.75) is 33.1 Å². The van der Waals surface area contributed by atoms with Crippen LogP contribution in [0.25, 0.3) is 11.2 Å². The van der Waals surface area contributed by atoms with Gasteiger partial charge in [-0.15, -0.1) is 0 Å². The van der Waals surface area contributed by atoms with Gasteiger partial charge < -0.3 is 9.88 Å². The minimum atomic E-state index is -0.572. The Morgan fingerprint density at radius 2 is 1.41 bits per heavy atom. The average molecular weight is 494 g/mol. The summed E-state index contributed by atoms with van der Waals surface area (Å²) in [7, 11) is 0. The Hall–Kier alpha value is -4.72. The fourth-order valence-corrected chi connectivity index (χ4v) is 4.29. The van der Waals surface area contributed by atoms with E-state index in [2.05, 4.69) is 10.3 Å². The molecule has 0 aliphatic heterocycles. The molecule has 0 unspecified atom stereocenters. The molecule has 0 aliphatic carbocycles. The lowest BCUT2D eigenvalue weighted by Gasteiger charge is -2.13. The predicted octanol–water partition coefficient (Wildman–Crippen LogP) is 3.08. The molecule has 0 radical (unpaired) electrons. The first-order valence-electron chi connectivity index (χ1n) is 12.1. The molecule has 0 spiro atoms. The van der Waals surface area contributed by atoms with Crippen LogP contribution in [0.5, 0.6) is 0 Å². The summed E-state index contributed by atoms with van der Waals surface area (Å²) in [5, 5.41) is 2.82. The summed E-state index contributed by atoms with van der Waals surface area (Å²) in [5.41, 5.74) is 3.41. The van der Waals surface area contributed by atoms with Crippen LogP contribution in [0.2, 0.25) is 0 Å². The second kappa shape index (κ2) is 10.5. The topological polar surface area (TPSA) is 90.9 Å². The molecule has 8 nitrogen and oxygen atoms in total. The van der Waals surface area contributed by atoms with Crippen molar-refractivity contribution in [3.63, 3.8) is 0 Å². The van der Waals surface area contributed by atoms with Gasteiger partial charge in [0.2, 0.25) is 5.91 Å². The van der Waals surface area contributed by atoms with Crippen LogP contribution in [-0.2, 0) is 31.0 Å². The van der Waals surface area contributed by atoms with Gasteiger partial charge in [-0.1, -0.05) is 90.5 Å². The maximum Gasteiger partial charge on any atom is 0.333 e. The number of hydrogen-bond donors (Lipinski definition) is 1. The number of imidazole rings is 1. The number of amides is 1. The van der Waals surface area contributed by atoms with Crippen LogP contribution >= 0.6 is 0 Å². The van der Waals surface area contributed by atoms with Crippen LogP contribution in [0.15, 0.2) is 101 Å². The number of aromatic nitrogens is 4. The van der Waals surface area contributed by atoms with Crippen LogP contribution in [0.4, 0.5) is 0 Å². The van der Waals surface area contributed by atoms with Gasteiger partial charge in [0, 0.05) is 13.1 Å². The molecule has 0 fully saturated rings. The van der Waals surface area contributed by atoms with Gasteiger partial charge in [0.15, 0.2) is 11.2 Å². The first kappa shape index (κ1) is 24.0. The lowest BCUT2D eigenvalue weighted by Crippen LogP contribution is -2.44. The van der Waals surface area contributed by atoms with Gasteiger partial charge in [0.05, 0.1) is 12.9 Å². The van der Waals surface area contributed by atoms with Crippen molar-refractivity contribution >= 4 is 17.1 Å². The Balaban J connectivity index is 1.52. The molecule has 0 saturated heterocycles. The maximum atomic E-state index is 13.6. The van der Waals surface area contributed by atoms with Crippen molar-refractivity contribution in [1.29, 1.82) is 0 Å². The third-order valence-electron chi connectivity index (χ3n) is 6.27. The third kappa shape index (κ3) is 5.28. The van der Waals surface area contributed by atoms with Gasteiger partial charge in [-0.25, -0.2) is 14.3 Å². The highest BCUT2D eigenvalue weighted by atomic mass is 16.2. The van der Waals surface area contributed by atoms with Crippen LogP contribution in [0.3, 0.4) is 0 Å². The molecule has 8 heteroatoms. The van der Waals surface area contributed by atoms with Gasteiger partial charge in [-0.2, -0.15) is 0 Å². The van der Waals surface area contributed by atoms with Crippen LogP contribution in [0.1, 0.15) is 22.3 Å². The molecule has 3 aromatic carbocycles. The number of benzene rings is 3. The van der Waals surface area contributed by atoms with Gasteiger partial charge in [0.1, 0.15) is 6.54 Å². The van der Waals surface area contributed by atoms with E-state index < -0.39 is 17.2 Å². The van der Waals surface area contributed by atoms with Gasteiger partial charge in [-0.3, -0.25) is 14.2 Å². The summed E-state index contributed by atoms with van der Waals surface area (Å²) in [6, 6.07) is 27.0. The Kier molecular flexibility index (Phi) is 6.81. The quantitative estimate of drug-likeness (QED) is 0.360. The molecule has 0 saturated carbocycles. The van der Waals surface area contributed by atoms with E-state index in [-0.39, 0.29) is 18.6 Å². The van der Waals surface area contributed by atoms with Crippen LogP contribution < -0.4 is 16.6 Å². The van der Waals surface area contributed by atoms with Crippen LogP contribution in [0, 0.1) is 6.92 Å². The summed E-state index contributed by atoms with van der Waals surface area (Å²) >= 11 is 0. The molecule has 1 amide bonds. The molecular weight excluding hydrogens is 466 g/mol. The number of nitrogens with one attached hydrogen (secondary N) is 1. The molecule has 0 atom stereocenters. The largest absolute Gasteiger partial charge is 0.350 e. The second-order valence-corrected chi connectivity index (χ2v) is 9.04. The third-order valence-corrected chi connectivity index (χ3v) is 6.27. The van der Waals surface area contributed by atoms with Crippen molar-refractivity contribution in [3.05, 3.63) is 134 Å². The number of nitrogens with zero attached hydrogens (tertiary/aromatic N) is 4. The molecule has 1 N–H and O–H groups in total. The normalized spacial score (nSPS) is 11.1. The van der Waals surface area contributed by atoms with E-state index in [1.54, 1.807) is 10.9 Å². The zero-order valence-corrected chi connectivity index (χ0v) is 20.5. The van der Waals surface area contributed by atoms with E-state index in [0.29, 0.717) is 18.7 Å². The molecule has 5 rings (SSSR count). The number of rotatable bonds is 8. The highest BCUT2D eigenvalue weighted by Gasteiger charge is 2.20. The van der Waals surface area contributed by atoms with E-state index in [0.717, 1.165) is 26.8 Å². The molecule has 37 heavy (non-hydrogen) atoms. The van der Waals surface area contributed by atoms with E-state index in [9.17, 15) is 14.4 Å². The van der Waals surface area contributed by atoms with Crippen molar-refractivity contribution < 1.29 is 4.79 Å². The summed E-state index contributed by atoms with van der Waals surface area (Å²) < 4.78 is 4.19. The first-order chi connectivity index (χ1) is 18.0. The van der Waals surface area contributed by atoms with Crippen LogP contribution in [-0.4, -0.2) is 24.6 Å². The van der Waals surface area contributed by atoms with Crippen molar-refractivity contribution in [2.24, 2.45) is 0 Å². The second-order valence-electron chi connectivity index (χ2n) is 9.04. The van der Waals surface area contributed by atoms with E-state index in [1.807, 2.05) is 91.9 Å². The molecule has 2 aromatic heterocycles. The average Bonchev–Trinajstić information content (AvgIpc) is 3.33. The van der Waals surface area contributed by atoms with E-state index in [4.69, 9.17) is 0 Å². The molecule has 2 heterocycles. The smallest absolute Gasteiger partial charge is 0.333 e. The molecule has 0 aliphatic rings. The number of carbonyl (C=O) groups excluding carboxylic acids is 1. The summed E-state index contributed by atoms with van der Waals surface area (Å²) in [5.74, 6) is -0.417. The molecule has 5 aromatic rings. The number of hydrogen-bond acceptors (Lipinski definition) is 4. The summed E-state index contributed by atoms with van der Waals surface area (Å²) in [6.45, 7) is 2.55. The highest BCUT2D eigenvalue weighted by molar-refractivity contribution is 5.76. The van der Waals surface area contributed by atoms with Gasteiger partial charge in [-0.05, 0) is 23.6 Å². The number of fused-ring (bicyclic) bond motifs is 1. The van der Waals surface area contributed by atoms with Crippen molar-refractivity contribution in [2.75, 3.05) is 0 Å². The van der Waals surface area contributed by atoms with Crippen molar-refractivity contribution in [1.82, 2.24) is 24.0 Å². The lowest BCUT2D eigenvalue weighted by molar-refractivity contribution is -0.121. The van der Waals surface area contributed by atoms with E-state index in [1.165, 1.54) is 4.57 Å². The van der Waals surface area contributed by atoms with Gasteiger partial charge >= 0.3 is 5.69 Å². The Bertz CT molecular complexity index is 1650. The highest BCUT2D eigenvalue weighted by Crippen LogP contribution is 2.12. The zero-order chi connectivity index (χ0) is 25.8. The minimum absolute atomic E-state index is 0.226. The Labute approximate surface area is 213 Å². The molecular formula is C29H27N5O3. The van der Waals surface area contributed by atoms with E-state index >= 15 is 0 Å². The van der Waals surface area contributed by atoms with Crippen molar-refractivity contribution in [3.8, 4) is 0 Å². The Morgan fingerprint density at radius 1 is 0.784 bits per heavy atom. The SMILES string of the molecule is Cc1ccc(CNC(=O)Cn2c(=O)c3c(ncn3Cc3ccccc3)n(Cc3ccccc3)c2=O)cc1. The number of aryl methyl sites for hydroxylation is 1. The number of carbonyl (C=O) groups is 1.